The Morgan fingerprint density at radius 3 is 2.45 bits per heavy atom. The zero-order valence-electron chi connectivity index (χ0n) is 18.0. The lowest BCUT2D eigenvalue weighted by Crippen LogP contribution is -2.61. The second-order valence-corrected chi connectivity index (χ2v) is 9.37. The van der Waals surface area contributed by atoms with Crippen LogP contribution in [0.3, 0.4) is 0 Å². The number of nitrogens with one attached hydrogen (secondary N) is 1. The molecule has 0 radical (unpaired) electrons. The van der Waals surface area contributed by atoms with Crippen molar-refractivity contribution in [3.05, 3.63) is 54.1 Å². The molecule has 1 aromatic heterocycles. The van der Waals surface area contributed by atoms with Gasteiger partial charge >= 0.3 is 0 Å². The van der Waals surface area contributed by atoms with Crippen molar-refractivity contribution < 1.29 is 5.11 Å². The number of phenols is 1. The Morgan fingerprint density at radius 1 is 1.14 bits per heavy atom. The molecule has 6 heteroatoms. The molecule has 0 saturated carbocycles. The largest absolute Gasteiger partial charge is 0.507 e. The van der Waals surface area contributed by atoms with E-state index in [4.69, 9.17) is 11.5 Å². The fourth-order valence-electron chi connectivity index (χ4n) is 4.49. The Morgan fingerprint density at radius 2 is 1.79 bits per heavy atom. The number of piperidine rings is 1. The number of aromatic nitrogens is 1. The van der Waals surface area contributed by atoms with E-state index in [1.54, 1.807) is 24.5 Å². The summed E-state index contributed by atoms with van der Waals surface area (Å²) >= 11 is 0. The summed E-state index contributed by atoms with van der Waals surface area (Å²) in [4.78, 5) is 6.20. The number of rotatable bonds is 4. The molecule has 156 valence electrons. The molecule has 6 N–H and O–H groups in total. The predicted octanol–water partition coefficient (Wildman–Crippen LogP) is 3.28. The number of fused-ring (bicyclic) bond motifs is 1. The van der Waals surface area contributed by atoms with Crippen LogP contribution in [0.1, 0.15) is 46.1 Å². The highest BCUT2D eigenvalue weighted by atomic mass is 16.3. The smallest absolute Gasteiger partial charge is 0.125 e. The maximum atomic E-state index is 10.4. The molecular weight excluding hydrogens is 362 g/mol. The molecule has 0 atom stereocenters. The quantitative estimate of drug-likeness (QED) is 0.593. The van der Waals surface area contributed by atoms with Crippen LogP contribution in [0.4, 0.5) is 0 Å². The van der Waals surface area contributed by atoms with E-state index < -0.39 is 0 Å². The molecule has 0 bridgehead atoms. The molecule has 3 rings (SSSR count). The molecule has 2 heterocycles. The summed E-state index contributed by atoms with van der Waals surface area (Å²) in [7, 11) is 2.03. The Labute approximate surface area is 173 Å². The van der Waals surface area contributed by atoms with E-state index in [0.29, 0.717) is 23.1 Å². The minimum atomic E-state index is 0.0432. The molecule has 1 aliphatic rings. The zero-order chi connectivity index (χ0) is 21.4. The molecule has 1 aromatic carbocycles. The highest BCUT2D eigenvalue weighted by Gasteiger charge is 2.39. The standard InChI is InChI=1S/C23H33N5O/c1-22(2)12-17(13-23(3,4)27-22)28(5)21(25)7-6-19(24)18-10-15-8-9-26-14-16(15)11-20(18)29/h6-11,14,17,27,29H,12-13,24-25H2,1-5H3/b19-6-,21-7+. The second-order valence-electron chi connectivity index (χ2n) is 9.37. The van der Waals surface area contributed by atoms with E-state index in [0.717, 1.165) is 23.6 Å². The van der Waals surface area contributed by atoms with Crippen molar-refractivity contribution in [1.29, 1.82) is 0 Å². The van der Waals surface area contributed by atoms with Crippen LogP contribution in [-0.2, 0) is 0 Å². The fraction of sp³-hybridized carbons (Fsp3) is 0.435. The summed E-state index contributed by atoms with van der Waals surface area (Å²) in [5.74, 6) is 0.775. The van der Waals surface area contributed by atoms with Gasteiger partial charge in [0.05, 0.1) is 5.82 Å². The van der Waals surface area contributed by atoms with E-state index in [1.165, 1.54) is 0 Å². The lowest BCUT2D eigenvalue weighted by molar-refractivity contribution is 0.0981. The Balaban J connectivity index is 1.82. The van der Waals surface area contributed by atoms with Gasteiger partial charge in [-0.05, 0) is 76.3 Å². The summed E-state index contributed by atoms with van der Waals surface area (Å²) in [5.41, 5.74) is 13.8. The van der Waals surface area contributed by atoms with Crippen molar-refractivity contribution in [1.82, 2.24) is 15.2 Å². The van der Waals surface area contributed by atoms with Crippen molar-refractivity contribution in [2.24, 2.45) is 11.5 Å². The molecule has 1 saturated heterocycles. The van der Waals surface area contributed by atoms with E-state index in [1.807, 2.05) is 25.3 Å². The van der Waals surface area contributed by atoms with E-state index >= 15 is 0 Å². The average molecular weight is 396 g/mol. The van der Waals surface area contributed by atoms with Crippen LogP contribution in [0.15, 0.2) is 48.6 Å². The van der Waals surface area contributed by atoms with Crippen LogP contribution in [0.5, 0.6) is 5.75 Å². The highest BCUT2D eigenvalue weighted by Crippen LogP contribution is 2.32. The number of phenolic OH excluding ortho intramolecular Hbond substituents is 1. The van der Waals surface area contributed by atoms with Gasteiger partial charge in [0.15, 0.2) is 0 Å². The summed E-state index contributed by atoms with van der Waals surface area (Å²) in [6.07, 6.45) is 9.00. The molecule has 1 fully saturated rings. The summed E-state index contributed by atoms with van der Waals surface area (Å²) in [5, 5.41) is 15.9. The van der Waals surface area contributed by atoms with Crippen molar-refractivity contribution in [2.75, 3.05) is 7.05 Å². The first kappa shape index (κ1) is 21.0. The van der Waals surface area contributed by atoms with Gasteiger partial charge in [0.1, 0.15) is 5.75 Å². The first-order valence-corrected chi connectivity index (χ1v) is 10.00. The third-order valence-corrected chi connectivity index (χ3v) is 5.62. The summed E-state index contributed by atoms with van der Waals surface area (Å²) < 4.78 is 0. The maximum Gasteiger partial charge on any atom is 0.125 e. The van der Waals surface area contributed by atoms with Crippen LogP contribution >= 0.6 is 0 Å². The number of hydrogen-bond acceptors (Lipinski definition) is 6. The van der Waals surface area contributed by atoms with Crippen LogP contribution in [0.2, 0.25) is 0 Å². The van der Waals surface area contributed by atoms with Gasteiger partial charge in [-0.25, -0.2) is 0 Å². The van der Waals surface area contributed by atoms with Crippen molar-refractivity contribution in [3.8, 4) is 5.75 Å². The van der Waals surface area contributed by atoms with Gasteiger partial charge in [0.25, 0.3) is 0 Å². The zero-order valence-corrected chi connectivity index (χ0v) is 18.0. The van der Waals surface area contributed by atoms with Crippen LogP contribution < -0.4 is 16.8 Å². The number of hydrogen-bond donors (Lipinski definition) is 4. The molecule has 6 nitrogen and oxygen atoms in total. The molecule has 0 amide bonds. The minimum Gasteiger partial charge on any atom is -0.507 e. The van der Waals surface area contributed by atoms with Gasteiger partial charge in [-0.15, -0.1) is 0 Å². The summed E-state index contributed by atoms with van der Waals surface area (Å²) in [6.45, 7) is 8.91. The van der Waals surface area contributed by atoms with Crippen LogP contribution in [-0.4, -0.2) is 39.2 Å². The third-order valence-electron chi connectivity index (χ3n) is 5.62. The molecular formula is C23H33N5O. The van der Waals surface area contributed by atoms with E-state index in [-0.39, 0.29) is 16.8 Å². The fourth-order valence-corrected chi connectivity index (χ4v) is 4.49. The number of nitrogens with two attached hydrogens (primary N) is 2. The normalized spacial score (nSPS) is 20.0. The average Bonchev–Trinajstić information content (AvgIpc) is 2.62. The van der Waals surface area contributed by atoms with E-state index in [9.17, 15) is 5.11 Å². The first-order chi connectivity index (χ1) is 13.5. The molecule has 0 unspecified atom stereocenters. The first-order valence-electron chi connectivity index (χ1n) is 10.00. The SMILES string of the molecule is CN(/C(N)=C/C=C(\N)c1cc2ccncc2cc1O)C1CC(C)(C)NC(C)(C)C1. The monoisotopic (exact) mass is 395 g/mol. The van der Waals surface area contributed by atoms with Gasteiger partial charge in [-0.3, -0.25) is 4.98 Å². The van der Waals surface area contributed by atoms with Gasteiger partial charge in [-0.1, -0.05) is 0 Å². The summed E-state index contributed by atoms with van der Waals surface area (Å²) in [6, 6.07) is 5.76. The maximum absolute atomic E-state index is 10.4. The predicted molar refractivity (Wildman–Crippen MR) is 120 cm³/mol. The van der Waals surface area contributed by atoms with Crippen molar-refractivity contribution in [3.63, 3.8) is 0 Å². The molecule has 0 aliphatic carbocycles. The molecule has 1 aliphatic heterocycles. The third kappa shape index (κ3) is 4.82. The number of allylic oxidation sites excluding steroid dienone is 2. The Hall–Kier alpha value is -2.73. The number of nitrogens with zero attached hydrogens (tertiary/aromatic N) is 2. The Bertz CT molecular complexity index is 945. The number of aromatic hydroxyl groups is 1. The van der Waals surface area contributed by atoms with Gasteiger partial charge in [0, 0.05) is 53.2 Å². The van der Waals surface area contributed by atoms with Crippen molar-refractivity contribution in [2.45, 2.75) is 57.7 Å². The number of pyridine rings is 1. The highest BCUT2D eigenvalue weighted by molar-refractivity contribution is 5.88. The molecule has 2 aromatic rings. The van der Waals surface area contributed by atoms with Crippen molar-refractivity contribution >= 4 is 16.5 Å². The second kappa shape index (κ2) is 7.59. The minimum absolute atomic E-state index is 0.0432. The molecule has 29 heavy (non-hydrogen) atoms. The Kier molecular flexibility index (Phi) is 5.50. The molecule has 0 spiro atoms. The lowest BCUT2D eigenvalue weighted by atomic mass is 9.79. The number of benzene rings is 1. The van der Waals surface area contributed by atoms with Gasteiger partial charge in [-0.2, -0.15) is 0 Å². The van der Waals surface area contributed by atoms with Gasteiger partial charge in [0.2, 0.25) is 0 Å². The van der Waals surface area contributed by atoms with Crippen LogP contribution in [0, 0.1) is 0 Å². The van der Waals surface area contributed by atoms with E-state index in [2.05, 4.69) is 42.9 Å². The lowest BCUT2D eigenvalue weighted by Gasteiger charge is -2.49. The topological polar surface area (TPSA) is 100 Å². The van der Waals surface area contributed by atoms with Gasteiger partial charge < -0.3 is 26.8 Å². The van der Waals surface area contributed by atoms with Crippen LogP contribution in [0.25, 0.3) is 16.5 Å².